The van der Waals surface area contributed by atoms with Gasteiger partial charge in [0.25, 0.3) is 0 Å². The SMILES string of the molecule is CCN(CC)C(=O)C(C)NC1CCC1C(=O)O. The van der Waals surface area contributed by atoms with Crippen LogP contribution in [0.15, 0.2) is 0 Å². The van der Waals surface area contributed by atoms with Crippen LogP contribution in [0.25, 0.3) is 0 Å². The van der Waals surface area contributed by atoms with Gasteiger partial charge >= 0.3 is 5.97 Å². The molecule has 3 unspecified atom stereocenters. The van der Waals surface area contributed by atoms with Crippen LogP contribution in [0.4, 0.5) is 0 Å². The van der Waals surface area contributed by atoms with Gasteiger partial charge in [0.15, 0.2) is 0 Å². The fraction of sp³-hybridized carbons (Fsp3) is 0.833. The summed E-state index contributed by atoms with van der Waals surface area (Å²) in [6.45, 7) is 7.07. The van der Waals surface area contributed by atoms with E-state index in [4.69, 9.17) is 5.11 Å². The minimum Gasteiger partial charge on any atom is -0.481 e. The van der Waals surface area contributed by atoms with Crippen molar-refractivity contribution in [2.24, 2.45) is 5.92 Å². The lowest BCUT2D eigenvalue weighted by Crippen LogP contribution is -2.55. The molecule has 0 aromatic rings. The first-order valence-electron chi connectivity index (χ1n) is 6.28. The van der Waals surface area contributed by atoms with Gasteiger partial charge in [0.05, 0.1) is 12.0 Å². The van der Waals surface area contributed by atoms with Crippen molar-refractivity contribution in [3.8, 4) is 0 Å². The van der Waals surface area contributed by atoms with Crippen molar-refractivity contribution in [1.29, 1.82) is 0 Å². The highest BCUT2D eigenvalue weighted by Gasteiger charge is 2.38. The second kappa shape index (κ2) is 6.00. The van der Waals surface area contributed by atoms with Crippen molar-refractivity contribution < 1.29 is 14.7 Å². The average Bonchev–Trinajstić information content (AvgIpc) is 2.24. The number of nitrogens with zero attached hydrogens (tertiary/aromatic N) is 1. The number of likely N-dealkylation sites (N-methyl/N-ethyl adjacent to an activating group) is 1. The van der Waals surface area contributed by atoms with Crippen LogP contribution in [-0.4, -0.2) is 47.1 Å². The van der Waals surface area contributed by atoms with Crippen LogP contribution in [0.2, 0.25) is 0 Å². The molecule has 0 saturated heterocycles. The van der Waals surface area contributed by atoms with E-state index in [1.165, 1.54) is 0 Å². The van der Waals surface area contributed by atoms with Crippen LogP contribution in [0.1, 0.15) is 33.6 Å². The van der Waals surface area contributed by atoms with Gasteiger partial charge in [0.1, 0.15) is 0 Å². The summed E-state index contributed by atoms with van der Waals surface area (Å²) in [4.78, 5) is 24.6. The Morgan fingerprint density at radius 1 is 1.35 bits per heavy atom. The van der Waals surface area contributed by atoms with Gasteiger partial charge in [-0.1, -0.05) is 0 Å². The first kappa shape index (κ1) is 14.0. The van der Waals surface area contributed by atoms with E-state index < -0.39 is 5.97 Å². The molecule has 1 aliphatic carbocycles. The first-order chi connectivity index (χ1) is 8.01. The Balaban J connectivity index is 2.46. The zero-order valence-electron chi connectivity index (χ0n) is 10.8. The maximum Gasteiger partial charge on any atom is 0.308 e. The molecule has 0 aliphatic heterocycles. The van der Waals surface area contributed by atoms with Crippen molar-refractivity contribution in [2.75, 3.05) is 13.1 Å². The van der Waals surface area contributed by atoms with Gasteiger partial charge in [0.2, 0.25) is 5.91 Å². The molecule has 17 heavy (non-hydrogen) atoms. The summed E-state index contributed by atoms with van der Waals surface area (Å²) in [6.07, 6.45) is 1.55. The zero-order valence-corrected chi connectivity index (χ0v) is 10.8. The van der Waals surface area contributed by atoms with E-state index in [2.05, 4.69) is 5.32 Å². The molecule has 0 heterocycles. The second-order valence-electron chi connectivity index (χ2n) is 4.53. The van der Waals surface area contributed by atoms with Crippen LogP contribution >= 0.6 is 0 Å². The van der Waals surface area contributed by atoms with Gasteiger partial charge < -0.3 is 15.3 Å². The van der Waals surface area contributed by atoms with Crippen LogP contribution in [0.5, 0.6) is 0 Å². The number of amides is 1. The molecule has 1 fully saturated rings. The molecule has 5 heteroatoms. The Morgan fingerprint density at radius 2 is 1.94 bits per heavy atom. The van der Waals surface area contributed by atoms with Crippen molar-refractivity contribution in [1.82, 2.24) is 10.2 Å². The van der Waals surface area contributed by atoms with Gasteiger partial charge in [0, 0.05) is 19.1 Å². The summed E-state index contributed by atoms with van der Waals surface area (Å²) in [6, 6.07) is -0.357. The number of carbonyl (C=O) groups is 2. The highest BCUT2D eigenvalue weighted by atomic mass is 16.4. The van der Waals surface area contributed by atoms with Crippen LogP contribution in [0, 0.1) is 5.92 Å². The highest BCUT2D eigenvalue weighted by molar-refractivity contribution is 5.81. The number of aliphatic carboxylic acids is 1. The van der Waals surface area contributed by atoms with Crippen molar-refractivity contribution in [2.45, 2.75) is 45.7 Å². The standard InChI is InChI=1S/C12H22N2O3/c1-4-14(5-2)11(15)8(3)13-10-7-6-9(10)12(16)17/h8-10,13H,4-7H2,1-3H3,(H,16,17). The summed E-state index contributed by atoms with van der Waals surface area (Å²) in [5.41, 5.74) is 0. The molecule has 2 N–H and O–H groups in total. The highest BCUT2D eigenvalue weighted by Crippen LogP contribution is 2.27. The average molecular weight is 242 g/mol. The Morgan fingerprint density at radius 3 is 2.29 bits per heavy atom. The van der Waals surface area contributed by atoms with Gasteiger partial charge in [-0.15, -0.1) is 0 Å². The minimum absolute atomic E-state index is 0.0473. The van der Waals surface area contributed by atoms with Crippen molar-refractivity contribution >= 4 is 11.9 Å². The number of rotatable bonds is 6. The minimum atomic E-state index is -0.767. The summed E-state index contributed by atoms with van der Waals surface area (Å²) in [5, 5.41) is 12.0. The number of carboxylic acid groups (broad SMARTS) is 1. The fourth-order valence-corrected chi connectivity index (χ4v) is 2.20. The largest absolute Gasteiger partial charge is 0.481 e. The van der Waals surface area contributed by atoms with Gasteiger partial charge in [-0.05, 0) is 33.6 Å². The maximum absolute atomic E-state index is 12.0. The molecule has 1 amide bonds. The van der Waals surface area contributed by atoms with Gasteiger partial charge in [-0.2, -0.15) is 0 Å². The molecule has 98 valence electrons. The van der Waals surface area contributed by atoms with E-state index in [1.54, 1.807) is 11.8 Å². The van der Waals surface area contributed by atoms with Gasteiger partial charge in [-0.3, -0.25) is 9.59 Å². The van der Waals surface area contributed by atoms with Crippen LogP contribution in [-0.2, 0) is 9.59 Å². The van der Waals surface area contributed by atoms with Crippen molar-refractivity contribution in [3.63, 3.8) is 0 Å². The third kappa shape index (κ3) is 3.19. The Labute approximate surface area is 102 Å². The summed E-state index contributed by atoms with van der Waals surface area (Å²) in [5.74, 6) is -1.05. The maximum atomic E-state index is 12.0. The molecule has 1 rings (SSSR count). The zero-order chi connectivity index (χ0) is 13.0. The number of hydrogen-bond donors (Lipinski definition) is 2. The Hall–Kier alpha value is -1.10. The smallest absolute Gasteiger partial charge is 0.308 e. The predicted molar refractivity (Wildman–Crippen MR) is 64.7 cm³/mol. The van der Waals surface area contributed by atoms with E-state index in [0.717, 1.165) is 6.42 Å². The number of carbonyl (C=O) groups excluding carboxylic acids is 1. The topological polar surface area (TPSA) is 69.6 Å². The molecule has 0 radical (unpaired) electrons. The quantitative estimate of drug-likeness (QED) is 0.719. The van der Waals surface area contributed by atoms with E-state index in [1.807, 2.05) is 13.8 Å². The molecule has 1 saturated carbocycles. The third-order valence-electron chi connectivity index (χ3n) is 3.50. The lowest BCUT2D eigenvalue weighted by Gasteiger charge is -2.36. The molecule has 5 nitrogen and oxygen atoms in total. The first-order valence-corrected chi connectivity index (χ1v) is 6.28. The molecule has 0 spiro atoms. The fourth-order valence-electron chi connectivity index (χ4n) is 2.20. The lowest BCUT2D eigenvalue weighted by molar-refractivity contribution is -0.147. The molecule has 0 bridgehead atoms. The molecule has 1 aliphatic rings. The van der Waals surface area contributed by atoms with Crippen LogP contribution < -0.4 is 5.32 Å². The normalized spacial score (nSPS) is 24.9. The van der Waals surface area contributed by atoms with E-state index >= 15 is 0 Å². The summed E-state index contributed by atoms with van der Waals surface area (Å²) >= 11 is 0. The predicted octanol–water partition coefficient (Wildman–Crippen LogP) is 0.696. The number of nitrogens with one attached hydrogen (secondary N) is 1. The van der Waals surface area contributed by atoms with Crippen LogP contribution in [0.3, 0.4) is 0 Å². The third-order valence-corrected chi connectivity index (χ3v) is 3.50. The van der Waals surface area contributed by atoms with E-state index in [-0.39, 0.29) is 23.9 Å². The molecule has 0 aromatic heterocycles. The molecule has 3 atom stereocenters. The second-order valence-corrected chi connectivity index (χ2v) is 4.53. The van der Waals surface area contributed by atoms with Crippen molar-refractivity contribution in [3.05, 3.63) is 0 Å². The summed E-state index contributed by atoms with van der Waals surface area (Å²) < 4.78 is 0. The molecular formula is C12H22N2O3. The Kier molecular flexibility index (Phi) is 4.93. The molecular weight excluding hydrogens is 220 g/mol. The van der Waals surface area contributed by atoms with E-state index in [9.17, 15) is 9.59 Å². The monoisotopic (exact) mass is 242 g/mol. The van der Waals surface area contributed by atoms with E-state index in [0.29, 0.717) is 19.5 Å². The lowest BCUT2D eigenvalue weighted by atomic mass is 9.79. The van der Waals surface area contributed by atoms with Gasteiger partial charge in [-0.25, -0.2) is 0 Å². The number of carboxylic acids is 1. The summed E-state index contributed by atoms with van der Waals surface area (Å²) in [7, 11) is 0. The number of hydrogen-bond acceptors (Lipinski definition) is 3. The Bertz CT molecular complexity index is 289. The molecule has 0 aromatic carbocycles.